The molecule has 0 radical (unpaired) electrons. The SMILES string of the molecule is CC(C)c1cc(C(=O)Nc2cn[nH]c2)nn1C(C)(C)C. The Kier molecular flexibility index (Phi) is 3.65. The molecular formula is C14H21N5O. The van der Waals surface area contributed by atoms with Crippen molar-refractivity contribution in [3.8, 4) is 0 Å². The van der Waals surface area contributed by atoms with E-state index < -0.39 is 0 Å². The lowest BCUT2D eigenvalue weighted by atomic mass is 10.1. The van der Waals surface area contributed by atoms with E-state index in [1.165, 1.54) is 0 Å². The molecule has 2 heterocycles. The second kappa shape index (κ2) is 5.11. The number of nitrogens with zero attached hydrogens (tertiary/aromatic N) is 3. The zero-order valence-corrected chi connectivity index (χ0v) is 12.6. The maximum absolute atomic E-state index is 12.2. The zero-order valence-electron chi connectivity index (χ0n) is 12.6. The molecule has 108 valence electrons. The standard InChI is InChI=1S/C14H21N5O/c1-9(2)12-6-11(18-19(12)14(3,4)5)13(20)17-10-7-15-16-8-10/h6-9H,1-5H3,(H,15,16)(H,17,20). The van der Waals surface area contributed by atoms with Crippen LogP contribution in [0.4, 0.5) is 5.69 Å². The summed E-state index contributed by atoms with van der Waals surface area (Å²) in [6.07, 6.45) is 3.18. The Labute approximate surface area is 118 Å². The molecule has 1 amide bonds. The Morgan fingerprint density at radius 2 is 2.10 bits per heavy atom. The van der Waals surface area contributed by atoms with Crippen molar-refractivity contribution in [2.24, 2.45) is 0 Å². The van der Waals surface area contributed by atoms with Crippen LogP contribution in [0.5, 0.6) is 0 Å². The van der Waals surface area contributed by atoms with Crippen molar-refractivity contribution in [2.75, 3.05) is 5.32 Å². The third kappa shape index (κ3) is 2.89. The highest BCUT2D eigenvalue weighted by Gasteiger charge is 2.23. The van der Waals surface area contributed by atoms with Crippen LogP contribution >= 0.6 is 0 Å². The number of carbonyl (C=O) groups is 1. The van der Waals surface area contributed by atoms with Gasteiger partial charge in [-0.25, -0.2) is 0 Å². The molecule has 0 aromatic carbocycles. The summed E-state index contributed by atoms with van der Waals surface area (Å²) in [4.78, 5) is 12.2. The highest BCUT2D eigenvalue weighted by Crippen LogP contribution is 2.23. The van der Waals surface area contributed by atoms with Crippen molar-refractivity contribution < 1.29 is 4.79 Å². The van der Waals surface area contributed by atoms with E-state index in [4.69, 9.17) is 0 Å². The van der Waals surface area contributed by atoms with E-state index in [0.717, 1.165) is 5.69 Å². The van der Waals surface area contributed by atoms with E-state index in [9.17, 15) is 4.79 Å². The maximum Gasteiger partial charge on any atom is 0.276 e. The largest absolute Gasteiger partial charge is 0.318 e. The topological polar surface area (TPSA) is 75.6 Å². The van der Waals surface area contributed by atoms with Crippen molar-refractivity contribution in [3.05, 3.63) is 29.8 Å². The Balaban J connectivity index is 2.31. The number of aromatic nitrogens is 4. The van der Waals surface area contributed by atoms with Crippen molar-refractivity contribution in [2.45, 2.75) is 46.1 Å². The molecule has 0 saturated carbocycles. The lowest BCUT2D eigenvalue weighted by Crippen LogP contribution is -2.26. The average Bonchev–Trinajstić information content (AvgIpc) is 2.95. The first kappa shape index (κ1) is 14.3. The average molecular weight is 275 g/mol. The summed E-state index contributed by atoms with van der Waals surface area (Å²) in [7, 11) is 0. The predicted octanol–water partition coefficient (Wildman–Crippen LogP) is 2.74. The van der Waals surface area contributed by atoms with Crippen LogP contribution in [-0.4, -0.2) is 25.9 Å². The van der Waals surface area contributed by atoms with Crippen LogP contribution in [0.15, 0.2) is 18.5 Å². The minimum atomic E-state index is -0.226. The zero-order chi connectivity index (χ0) is 14.9. The summed E-state index contributed by atoms with van der Waals surface area (Å²) in [5.41, 5.74) is 1.94. The Morgan fingerprint density at radius 3 is 2.55 bits per heavy atom. The molecule has 2 aromatic rings. The van der Waals surface area contributed by atoms with Crippen LogP contribution < -0.4 is 5.32 Å². The van der Waals surface area contributed by atoms with E-state index in [2.05, 4.69) is 55.2 Å². The molecule has 2 N–H and O–H groups in total. The van der Waals surface area contributed by atoms with Gasteiger partial charge in [-0.05, 0) is 32.8 Å². The number of amides is 1. The lowest BCUT2D eigenvalue weighted by molar-refractivity contribution is 0.102. The van der Waals surface area contributed by atoms with Gasteiger partial charge in [0.25, 0.3) is 5.91 Å². The van der Waals surface area contributed by atoms with Crippen LogP contribution in [0.3, 0.4) is 0 Å². The Morgan fingerprint density at radius 1 is 1.40 bits per heavy atom. The molecule has 6 heteroatoms. The van der Waals surface area contributed by atoms with Gasteiger partial charge in [-0.2, -0.15) is 10.2 Å². The smallest absolute Gasteiger partial charge is 0.276 e. The number of carbonyl (C=O) groups excluding carboxylic acids is 1. The summed E-state index contributed by atoms with van der Waals surface area (Å²) < 4.78 is 1.92. The molecular weight excluding hydrogens is 254 g/mol. The molecule has 0 bridgehead atoms. The van der Waals surface area contributed by atoms with E-state index in [-0.39, 0.29) is 11.4 Å². The molecule has 0 aliphatic heterocycles. The van der Waals surface area contributed by atoms with Crippen LogP contribution in [0.25, 0.3) is 0 Å². The fourth-order valence-corrected chi connectivity index (χ4v) is 1.97. The summed E-state index contributed by atoms with van der Waals surface area (Å²) in [6.45, 7) is 10.4. The number of H-pyrrole nitrogens is 1. The van der Waals surface area contributed by atoms with E-state index in [0.29, 0.717) is 17.3 Å². The van der Waals surface area contributed by atoms with Crippen LogP contribution in [0, 0.1) is 0 Å². The van der Waals surface area contributed by atoms with Crippen LogP contribution in [0.1, 0.15) is 56.7 Å². The number of rotatable bonds is 3. The summed E-state index contributed by atoms with van der Waals surface area (Å²) in [5, 5.41) is 13.7. The van der Waals surface area contributed by atoms with Crippen molar-refractivity contribution in [3.63, 3.8) is 0 Å². The first-order chi connectivity index (χ1) is 9.29. The van der Waals surface area contributed by atoms with Crippen molar-refractivity contribution >= 4 is 11.6 Å². The third-order valence-electron chi connectivity index (χ3n) is 2.95. The van der Waals surface area contributed by atoms with Gasteiger partial charge in [0.1, 0.15) is 0 Å². The molecule has 0 saturated heterocycles. The molecule has 6 nitrogen and oxygen atoms in total. The molecule has 2 aromatic heterocycles. The Bertz CT molecular complexity index is 590. The number of hydrogen-bond acceptors (Lipinski definition) is 3. The fraction of sp³-hybridized carbons (Fsp3) is 0.500. The van der Waals surface area contributed by atoms with Crippen molar-refractivity contribution in [1.29, 1.82) is 0 Å². The number of anilines is 1. The van der Waals surface area contributed by atoms with Crippen LogP contribution in [0.2, 0.25) is 0 Å². The molecule has 0 aliphatic rings. The number of aromatic amines is 1. The molecule has 0 unspecified atom stereocenters. The molecule has 0 spiro atoms. The predicted molar refractivity (Wildman–Crippen MR) is 77.9 cm³/mol. The Hall–Kier alpha value is -2.11. The van der Waals surface area contributed by atoms with Gasteiger partial charge in [-0.1, -0.05) is 13.8 Å². The number of hydrogen-bond donors (Lipinski definition) is 2. The second-order valence-corrected chi connectivity index (χ2v) is 6.13. The minimum Gasteiger partial charge on any atom is -0.318 e. The van der Waals surface area contributed by atoms with Gasteiger partial charge in [0, 0.05) is 11.9 Å². The van der Waals surface area contributed by atoms with E-state index in [1.807, 2.05) is 10.7 Å². The van der Waals surface area contributed by atoms with Crippen molar-refractivity contribution in [1.82, 2.24) is 20.0 Å². The van der Waals surface area contributed by atoms with Gasteiger partial charge in [0.15, 0.2) is 5.69 Å². The van der Waals surface area contributed by atoms with Gasteiger partial charge in [-0.3, -0.25) is 14.6 Å². The highest BCUT2D eigenvalue weighted by molar-refractivity contribution is 6.02. The molecule has 0 fully saturated rings. The van der Waals surface area contributed by atoms with Gasteiger partial charge < -0.3 is 5.32 Å². The van der Waals surface area contributed by atoms with E-state index in [1.54, 1.807) is 12.4 Å². The second-order valence-electron chi connectivity index (χ2n) is 6.13. The lowest BCUT2D eigenvalue weighted by Gasteiger charge is -2.23. The molecule has 20 heavy (non-hydrogen) atoms. The van der Waals surface area contributed by atoms with Gasteiger partial charge >= 0.3 is 0 Å². The summed E-state index contributed by atoms with van der Waals surface area (Å²) in [6, 6.07) is 1.85. The first-order valence-electron chi connectivity index (χ1n) is 6.69. The highest BCUT2D eigenvalue weighted by atomic mass is 16.2. The van der Waals surface area contributed by atoms with E-state index >= 15 is 0 Å². The van der Waals surface area contributed by atoms with Gasteiger partial charge in [0.2, 0.25) is 0 Å². The van der Waals surface area contributed by atoms with Crippen LogP contribution in [-0.2, 0) is 5.54 Å². The van der Waals surface area contributed by atoms with Gasteiger partial charge in [-0.15, -0.1) is 0 Å². The first-order valence-corrected chi connectivity index (χ1v) is 6.69. The summed E-state index contributed by atoms with van der Waals surface area (Å²) in [5.74, 6) is 0.0773. The fourth-order valence-electron chi connectivity index (χ4n) is 1.97. The van der Waals surface area contributed by atoms with Gasteiger partial charge in [0.05, 0.1) is 17.4 Å². The minimum absolute atomic E-state index is 0.159. The molecule has 0 aliphatic carbocycles. The number of nitrogens with one attached hydrogen (secondary N) is 2. The monoisotopic (exact) mass is 275 g/mol. The third-order valence-corrected chi connectivity index (χ3v) is 2.95. The summed E-state index contributed by atoms with van der Waals surface area (Å²) >= 11 is 0. The molecule has 0 atom stereocenters. The maximum atomic E-state index is 12.2. The normalized spacial score (nSPS) is 11.9. The molecule has 2 rings (SSSR count). The quantitative estimate of drug-likeness (QED) is 0.904.